The Labute approximate surface area is 118 Å². The van der Waals surface area contributed by atoms with Gasteiger partial charge in [-0.25, -0.2) is 0 Å². The van der Waals surface area contributed by atoms with Crippen molar-refractivity contribution in [3.8, 4) is 0 Å². The molecule has 1 aromatic carbocycles. The van der Waals surface area contributed by atoms with Crippen LogP contribution >= 0.6 is 0 Å². The Balaban J connectivity index is 0.000000555. The number of hydrogen-bond acceptors (Lipinski definition) is 2. The van der Waals surface area contributed by atoms with E-state index in [-0.39, 0.29) is 0 Å². The molecule has 1 aromatic rings. The van der Waals surface area contributed by atoms with Gasteiger partial charge in [0.2, 0.25) is 0 Å². The third-order valence-electron chi connectivity index (χ3n) is 2.82. The smallest absolute Gasteiger partial charge is 0.181 e. The van der Waals surface area contributed by atoms with Crippen molar-refractivity contribution in [3.05, 3.63) is 35.9 Å². The minimum Gasteiger partial charge on any atom is -0.364 e. The first-order chi connectivity index (χ1) is 9.26. The van der Waals surface area contributed by atoms with E-state index in [0.29, 0.717) is 6.61 Å². The van der Waals surface area contributed by atoms with E-state index in [4.69, 9.17) is 4.74 Å². The van der Waals surface area contributed by atoms with E-state index in [0.717, 1.165) is 18.4 Å². The third kappa shape index (κ3) is 10.7. The molecule has 1 atom stereocenters. The predicted octanol–water partition coefficient (Wildman–Crippen LogP) is 5.08. The molecule has 2 heteroatoms. The normalized spacial score (nSPS) is 11.6. The Bertz CT molecular complexity index is 270. The molecule has 1 unspecified atom stereocenters. The van der Waals surface area contributed by atoms with Crippen molar-refractivity contribution in [2.45, 2.75) is 65.6 Å². The summed E-state index contributed by atoms with van der Waals surface area (Å²) in [6.07, 6.45) is 6.65. The monoisotopic (exact) mass is 266 g/mol. The van der Waals surface area contributed by atoms with E-state index in [9.17, 15) is 5.11 Å². The van der Waals surface area contributed by atoms with Crippen LogP contribution in [0.1, 0.15) is 71.1 Å². The first-order valence-corrected chi connectivity index (χ1v) is 7.60. The summed E-state index contributed by atoms with van der Waals surface area (Å²) in [5.74, 6) is 0. The highest BCUT2D eigenvalue weighted by Crippen LogP contribution is 2.13. The van der Waals surface area contributed by atoms with Crippen molar-refractivity contribution in [2.75, 3.05) is 6.61 Å². The maximum absolute atomic E-state index is 9.60. The summed E-state index contributed by atoms with van der Waals surface area (Å²) in [5.41, 5.74) is 0.823. The van der Waals surface area contributed by atoms with E-state index in [1.807, 2.05) is 30.3 Å². The molecule has 0 saturated carbocycles. The molecule has 0 aliphatic rings. The summed E-state index contributed by atoms with van der Waals surface area (Å²) in [5, 5.41) is 9.60. The summed E-state index contributed by atoms with van der Waals surface area (Å²) in [6, 6.07) is 9.45. The van der Waals surface area contributed by atoms with Crippen LogP contribution in [0, 0.1) is 0 Å². The zero-order chi connectivity index (χ0) is 14.3. The summed E-state index contributed by atoms with van der Waals surface area (Å²) in [4.78, 5) is 0. The number of ether oxygens (including phenoxy) is 1. The van der Waals surface area contributed by atoms with Crippen molar-refractivity contribution in [1.29, 1.82) is 0 Å². The predicted molar refractivity (Wildman–Crippen MR) is 82.1 cm³/mol. The van der Waals surface area contributed by atoms with Gasteiger partial charge in [-0.15, -0.1) is 0 Å². The van der Waals surface area contributed by atoms with Gasteiger partial charge in [0, 0.05) is 5.56 Å². The largest absolute Gasteiger partial charge is 0.364 e. The molecule has 0 bridgehead atoms. The number of aliphatic hydroxyl groups excluding tert-OH is 1. The lowest BCUT2D eigenvalue weighted by atomic mass is 10.2. The maximum atomic E-state index is 9.60. The molecule has 1 rings (SSSR count). The lowest BCUT2D eigenvalue weighted by Crippen LogP contribution is -2.04. The molecule has 0 aliphatic carbocycles. The highest BCUT2D eigenvalue weighted by atomic mass is 16.6. The van der Waals surface area contributed by atoms with Gasteiger partial charge >= 0.3 is 0 Å². The summed E-state index contributed by atoms with van der Waals surface area (Å²) in [7, 11) is 0. The lowest BCUT2D eigenvalue weighted by Gasteiger charge is -2.11. The molecule has 0 aromatic heterocycles. The lowest BCUT2D eigenvalue weighted by molar-refractivity contribution is -0.103. The van der Waals surface area contributed by atoms with E-state index in [2.05, 4.69) is 20.8 Å². The van der Waals surface area contributed by atoms with Crippen molar-refractivity contribution in [3.63, 3.8) is 0 Å². The number of aliphatic hydroxyl groups is 1. The summed E-state index contributed by atoms with van der Waals surface area (Å²) < 4.78 is 5.29. The molecule has 0 heterocycles. The minimum atomic E-state index is -0.770. The van der Waals surface area contributed by atoms with E-state index in [1.54, 1.807) is 0 Å². The summed E-state index contributed by atoms with van der Waals surface area (Å²) >= 11 is 0. The molecule has 0 aliphatic heterocycles. The molecule has 0 amide bonds. The molecule has 0 spiro atoms. The van der Waals surface area contributed by atoms with Crippen LogP contribution in [0.3, 0.4) is 0 Å². The highest BCUT2D eigenvalue weighted by Gasteiger charge is 2.05. The van der Waals surface area contributed by atoms with Gasteiger partial charge in [-0.05, 0) is 6.42 Å². The van der Waals surface area contributed by atoms with Crippen molar-refractivity contribution < 1.29 is 9.84 Å². The highest BCUT2D eigenvalue weighted by molar-refractivity contribution is 5.15. The molecular formula is C17H30O2. The molecule has 19 heavy (non-hydrogen) atoms. The van der Waals surface area contributed by atoms with Crippen LogP contribution in [-0.2, 0) is 4.74 Å². The molecule has 0 fully saturated rings. The van der Waals surface area contributed by atoms with Gasteiger partial charge in [0.25, 0.3) is 0 Å². The second-order valence-corrected chi connectivity index (χ2v) is 4.69. The van der Waals surface area contributed by atoms with Gasteiger partial charge in [0.15, 0.2) is 6.29 Å². The van der Waals surface area contributed by atoms with Crippen molar-refractivity contribution in [2.24, 2.45) is 0 Å². The third-order valence-corrected chi connectivity index (χ3v) is 2.82. The fourth-order valence-electron chi connectivity index (χ4n) is 1.61. The van der Waals surface area contributed by atoms with Gasteiger partial charge in [0.05, 0.1) is 6.61 Å². The Morgan fingerprint density at radius 2 is 1.47 bits per heavy atom. The number of unbranched alkanes of at least 4 members (excludes halogenated alkanes) is 4. The van der Waals surface area contributed by atoms with Crippen LogP contribution in [0.2, 0.25) is 0 Å². The van der Waals surface area contributed by atoms with Crippen LogP contribution in [0.4, 0.5) is 0 Å². The molecule has 1 N–H and O–H groups in total. The maximum Gasteiger partial charge on any atom is 0.181 e. The summed E-state index contributed by atoms with van der Waals surface area (Å²) in [6.45, 7) is 7.20. The van der Waals surface area contributed by atoms with Gasteiger partial charge in [-0.2, -0.15) is 0 Å². The zero-order valence-corrected chi connectivity index (χ0v) is 12.8. The van der Waals surface area contributed by atoms with E-state index < -0.39 is 6.29 Å². The first-order valence-electron chi connectivity index (χ1n) is 7.60. The molecule has 110 valence electrons. The van der Waals surface area contributed by atoms with Gasteiger partial charge < -0.3 is 9.84 Å². The van der Waals surface area contributed by atoms with Crippen LogP contribution in [-0.4, -0.2) is 11.7 Å². The Kier molecular flexibility index (Phi) is 13.0. The second kappa shape index (κ2) is 13.6. The Morgan fingerprint density at radius 3 is 1.95 bits per heavy atom. The van der Waals surface area contributed by atoms with Crippen LogP contribution in [0.15, 0.2) is 30.3 Å². The van der Waals surface area contributed by atoms with E-state index in [1.165, 1.54) is 25.7 Å². The van der Waals surface area contributed by atoms with Gasteiger partial charge in [-0.1, -0.05) is 83.2 Å². The quantitative estimate of drug-likeness (QED) is 0.525. The SMILES string of the molecule is CCCCC.CCCCCOC(O)c1ccccc1. The van der Waals surface area contributed by atoms with Crippen molar-refractivity contribution >= 4 is 0 Å². The van der Waals surface area contributed by atoms with Gasteiger partial charge in [-0.3, -0.25) is 0 Å². The minimum absolute atomic E-state index is 0.629. The average molecular weight is 266 g/mol. The first kappa shape index (κ1) is 18.1. The van der Waals surface area contributed by atoms with Crippen LogP contribution in [0.5, 0.6) is 0 Å². The van der Waals surface area contributed by atoms with E-state index >= 15 is 0 Å². The van der Waals surface area contributed by atoms with Gasteiger partial charge in [0.1, 0.15) is 0 Å². The molecule has 0 saturated heterocycles. The van der Waals surface area contributed by atoms with Crippen LogP contribution < -0.4 is 0 Å². The standard InChI is InChI=1S/C12H18O2.C5H12/c1-2-3-7-10-14-12(13)11-8-5-4-6-9-11;1-3-5-4-2/h4-6,8-9,12-13H,2-3,7,10H2,1H3;3-5H2,1-2H3. The Hall–Kier alpha value is -0.860. The molecule has 0 radical (unpaired) electrons. The Morgan fingerprint density at radius 1 is 0.895 bits per heavy atom. The molecule has 2 nitrogen and oxygen atoms in total. The number of hydrogen-bond donors (Lipinski definition) is 1. The average Bonchev–Trinajstić information content (AvgIpc) is 2.46. The molecular weight excluding hydrogens is 236 g/mol. The second-order valence-electron chi connectivity index (χ2n) is 4.69. The number of benzene rings is 1. The fraction of sp³-hybridized carbons (Fsp3) is 0.647. The van der Waals surface area contributed by atoms with Crippen LogP contribution in [0.25, 0.3) is 0 Å². The van der Waals surface area contributed by atoms with Crippen molar-refractivity contribution in [1.82, 2.24) is 0 Å². The zero-order valence-electron chi connectivity index (χ0n) is 12.8. The topological polar surface area (TPSA) is 29.5 Å². The fourth-order valence-corrected chi connectivity index (χ4v) is 1.61. The number of rotatable bonds is 8.